The van der Waals surface area contributed by atoms with Crippen LogP contribution >= 0.6 is 0 Å². The summed E-state index contributed by atoms with van der Waals surface area (Å²) in [4.78, 5) is 23.8. The Bertz CT molecular complexity index is 1130. The lowest BCUT2D eigenvalue weighted by Crippen LogP contribution is -2.10. The van der Waals surface area contributed by atoms with E-state index < -0.39 is 12.6 Å². The van der Waals surface area contributed by atoms with Gasteiger partial charge in [0.2, 0.25) is 0 Å². The van der Waals surface area contributed by atoms with Crippen molar-refractivity contribution in [2.45, 2.75) is 19.8 Å². The molecular formula is C23H24O8. The van der Waals surface area contributed by atoms with Gasteiger partial charge in [-0.2, -0.15) is 0 Å². The maximum absolute atomic E-state index is 13.0. The van der Waals surface area contributed by atoms with Crippen molar-refractivity contribution in [2.75, 3.05) is 27.4 Å². The maximum Gasteiger partial charge on any atom is 0.341 e. The second-order valence-electron chi connectivity index (χ2n) is 6.72. The molecule has 1 N–H and O–H groups in total. The minimum Gasteiger partial charge on any atom is -0.493 e. The number of aliphatic carboxylic acids is 1. The van der Waals surface area contributed by atoms with Gasteiger partial charge in [0.25, 0.3) is 0 Å². The molecule has 0 saturated heterocycles. The number of ether oxygens (including phenoxy) is 4. The van der Waals surface area contributed by atoms with Crippen molar-refractivity contribution in [3.63, 3.8) is 0 Å². The number of methoxy groups -OCH3 is 2. The van der Waals surface area contributed by atoms with Crippen molar-refractivity contribution < 1.29 is 33.3 Å². The first-order chi connectivity index (χ1) is 15.0. The zero-order valence-corrected chi connectivity index (χ0v) is 17.6. The third-order valence-electron chi connectivity index (χ3n) is 4.55. The van der Waals surface area contributed by atoms with Gasteiger partial charge in [-0.15, -0.1) is 0 Å². The van der Waals surface area contributed by atoms with Gasteiger partial charge in [0, 0.05) is 23.8 Å². The van der Waals surface area contributed by atoms with Crippen LogP contribution in [0, 0.1) is 0 Å². The highest BCUT2D eigenvalue weighted by Crippen LogP contribution is 2.35. The Balaban J connectivity index is 2.12. The van der Waals surface area contributed by atoms with Crippen LogP contribution < -0.4 is 24.4 Å². The van der Waals surface area contributed by atoms with E-state index in [0.717, 1.165) is 12.8 Å². The molecule has 0 fully saturated rings. The Morgan fingerprint density at radius 3 is 2.45 bits per heavy atom. The Kier molecular flexibility index (Phi) is 7.02. The molecule has 0 unspecified atom stereocenters. The molecule has 164 valence electrons. The molecule has 0 bridgehead atoms. The number of benzene rings is 2. The minimum absolute atomic E-state index is 0.228. The van der Waals surface area contributed by atoms with E-state index in [0.29, 0.717) is 35.2 Å². The van der Waals surface area contributed by atoms with Crippen molar-refractivity contribution in [1.82, 2.24) is 0 Å². The van der Waals surface area contributed by atoms with E-state index in [2.05, 4.69) is 0 Å². The molecule has 0 aliphatic rings. The van der Waals surface area contributed by atoms with Crippen LogP contribution in [0.2, 0.25) is 0 Å². The van der Waals surface area contributed by atoms with Crippen LogP contribution in [0.25, 0.3) is 22.3 Å². The van der Waals surface area contributed by atoms with Crippen LogP contribution in [0.4, 0.5) is 0 Å². The molecule has 8 heteroatoms. The fraction of sp³-hybridized carbons (Fsp3) is 0.304. The van der Waals surface area contributed by atoms with Crippen LogP contribution in [0.15, 0.2) is 45.6 Å². The fourth-order valence-electron chi connectivity index (χ4n) is 3.03. The third kappa shape index (κ3) is 5.09. The summed E-state index contributed by atoms with van der Waals surface area (Å²) in [7, 11) is 3.05. The number of fused-ring (bicyclic) bond motifs is 1. The third-order valence-corrected chi connectivity index (χ3v) is 4.55. The van der Waals surface area contributed by atoms with Gasteiger partial charge >= 0.3 is 5.97 Å². The number of hydrogen-bond acceptors (Lipinski definition) is 7. The molecule has 31 heavy (non-hydrogen) atoms. The maximum atomic E-state index is 13.0. The molecule has 8 nitrogen and oxygen atoms in total. The Morgan fingerprint density at radius 2 is 1.77 bits per heavy atom. The van der Waals surface area contributed by atoms with Crippen molar-refractivity contribution in [1.29, 1.82) is 0 Å². The Labute approximate surface area is 178 Å². The molecule has 0 radical (unpaired) electrons. The summed E-state index contributed by atoms with van der Waals surface area (Å²) >= 11 is 0. The minimum atomic E-state index is -1.12. The van der Waals surface area contributed by atoms with E-state index in [1.807, 2.05) is 6.92 Å². The number of carboxylic acids is 1. The number of carboxylic acid groups (broad SMARTS) is 1. The van der Waals surface area contributed by atoms with E-state index in [-0.39, 0.29) is 22.1 Å². The van der Waals surface area contributed by atoms with Crippen molar-refractivity contribution in [2.24, 2.45) is 0 Å². The number of hydrogen-bond donors (Lipinski definition) is 1. The van der Waals surface area contributed by atoms with Gasteiger partial charge in [-0.1, -0.05) is 13.3 Å². The van der Waals surface area contributed by atoms with Gasteiger partial charge in [-0.25, -0.2) is 4.79 Å². The molecule has 0 aliphatic carbocycles. The highest BCUT2D eigenvalue weighted by atomic mass is 16.5. The SMILES string of the molecule is CCCCOc1cc(OCC(=O)O)cc2oc(-c3ccc(OC)c(OC)c3)cc(=O)c12. The largest absolute Gasteiger partial charge is 0.493 e. The standard InChI is InChI=1S/C23H24O8/c1-4-5-8-29-20-10-15(30-13-22(25)26)11-21-23(20)16(24)12-18(31-21)14-6-7-17(27-2)19(9-14)28-3/h6-7,9-12H,4-5,8,13H2,1-3H3,(H,25,26). The van der Waals surface area contributed by atoms with E-state index in [4.69, 9.17) is 28.5 Å². The number of unbranched alkanes of at least 4 members (excludes halogenated alkanes) is 1. The summed E-state index contributed by atoms with van der Waals surface area (Å²) in [6, 6.07) is 9.53. The molecule has 0 aliphatic heterocycles. The zero-order chi connectivity index (χ0) is 22.4. The monoisotopic (exact) mass is 428 g/mol. The molecular weight excluding hydrogens is 404 g/mol. The summed E-state index contributed by atoms with van der Waals surface area (Å²) < 4.78 is 27.6. The van der Waals surface area contributed by atoms with Crippen LogP contribution in [0.1, 0.15) is 19.8 Å². The predicted octanol–water partition coefficient (Wildman–Crippen LogP) is 4.12. The molecule has 0 spiro atoms. The highest BCUT2D eigenvalue weighted by Gasteiger charge is 2.16. The fourth-order valence-corrected chi connectivity index (χ4v) is 3.03. The van der Waals surface area contributed by atoms with Crippen molar-refractivity contribution in [3.05, 3.63) is 46.6 Å². The summed E-state index contributed by atoms with van der Waals surface area (Å²) in [6.07, 6.45) is 1.72. The Morgan fingerprint density at radius 1 is 1.00 bits per heavy atom. The zero-order valence-electron chi connectivity index (χ0n) is 17.6. The summed E-state index contributed by atoms with van der Waals surface area (Å²) in [6.45, 7) is 1.90. The molecule has 0 amide bonds. The normalized spacial score (nSPS) is 10.7. The first-order valence-corrected chi connectivity index (χ1v) is 9.78. The second-order valence-corrected chi connectivity index (χ2v) is 6.72. The average molecular weight is 428 g/mol. The topological polar surface area (TPSA) is 104 Å². The van der Waals surface area contributed by atoms with E-state index in [1.165, 1.54) is 32.4 Å². The van der Waals surface area contributed by atoms with Crippen LogP contribution in [0.5, 0.6) is 23.0 Å². The van der Waals surface area contributed by atoms with Gasteiger partial charge in [0.15, 0.2) is 23.5 Å². The first kappa shape index (κ1) is 22.0. The lowest BCUT2D eigenvalue weighted by atomic mass is 10.1. The van der Waals surface area contributed by atoms with Crippen LogP contribution in [0.3, 0.4) is 0 Å². The van der Waals surface area contributed by atoms with Crippen molar-refractivity contribution in [3.8, 4) is 34.3 Å². The average Bonchev–Trinajstić information content (AvgIpc) is 2.76. The predicted molar refractivity (Wildman–Crippen MR) is 115 cm³/mol. The Hall–Kier alpha value is -3.68. The first-order valence-electron chi connectivity index (χ1n) is 9.78. The molecule has 1 heterocycles. The van der Waals surface area contributed by atoms with Gasteiger partial charge in [0.05, 0.1) is 20.8 Å². The van der Waals surface area contributed by atoms with Crippen molar-refractivity contribution >= 4 is 16.9 Å². The van der Waals surface area contributed by atoms with E-state index in [1.54, 1.807) is 18.2 Å². The van der Waals surface area contributed by atoms with Crippen LogP contribution in [-0.2, 0) is 4.79 Å². The van der Waals surface area contributed by atoms with E-state index in [9.17, 15) is 9.59 Å². The lowest BCUT2D eigenvalue weighted by Gasteiger charge is -2.13. The highest BCUT2D eigenvalue weighted by molar-refractivity contribution is 5.86. The van der Waals surface area contributed by atoms with Gasteiger partial charge < -0.3 is 28.5 Å². The molecule has 2 aromatic carbocycles. The number of rotatable bonds is 10. The van der Waals surface area contributed by atoms with Gasteiger partial charge in [-0.3, -0.25) is 4.79 Å². The smallest absolute Gasteiger partial charge is 0.341 e. The lowest BCUT2D eigenvalue weighted by molar-refractivity contribution is -0.139. The van der Waals surface area contributed by atoms with Crippen LogP contribution in [-0.4, -0.2) is 38.5 Å². The number of carbonyl (C=O) groups is 1. The molecule has 3 aromatic rings. The summed E-state index contributed by atoms with van der Waals surface area (Å²) in [5.41, 5.74) is 0.552. The summed E-state index contributed by atoms with van der Waals surface area (Å²) in [5.74, 6) is 0.755. The molecule has 1 aromatic heterocycles. The summed E-state index contributed by atoms with van der Waals surface area (Å²) in [5, 5.41) is 9.17. The van der Waals surface area contributed by atoms with Gasteiger partial charge in [0.1, 0.15) is 28.2 Å². The molecule has 3 rings (SSSR count). The second kappa shape index (κ2) is 9.88. The molecule has 0 saturated carbocycles. The quantitative estimate of drug-likeness (QED) is 0.481. The van der Waals surface area contributed by atoms with E-state index >= 15 is 0 Å². The molecule has 0 atom stereocenters. The van der Waals surface area contributed by atoms with Gasteiger partial charge in [-0.05, 0) is 24.6 Å².